The van der Waals surface area contributed by atoms with Crippen LogP contribution in [0.3, 0.4) is 0 Å². The predicted octanol–water partition coefficient (Wildman–Crippen LogP) is 7.35. The Kier molecular flexibility index (Phi) is 20.0. The lowest BCUT2D eigenvalue weighted by Gasteiger charge is -2.49. The average Bonchev–Trinajstić information content (AvgIpc) is 4.22. The summed E-state index contributed by atoms with van der Waals surface area (Å²) < 4.78 is 51.0. The Morgan fingerprint density at radius 1 is 1.06 bits per heavy atom. The number of ether oxygens (including phenoxy) is 3. The standard InChI is InChI=1S/C27H28F2N4O3.C23H32N4O5.C10H19NO/c1-3-18-21(28)6-5-16-11-17(35)12-19(22(16)18)24-23(29)25(32-15-34)20(13-31-24)26(30-2)33-9-4-7-27(14-33)8-10-36-27;1-24-22(30)20(9-4-14-28)27-19-8-3-6-17(21(19)25(2)23(27)31)7-5-15-32-18-10-12-26(16-29)13-11-18;1-10-5-3-7-11(10)9(4-6-10)8-12-2/h5-6,11-13,34-35H,2-4,7-10,14-15H2,1H3;3,6,8,14,16,18,20H,4-5,7,9-13,15H2,1-2H3,(H,24,30);9H,3-8H2,1-2H3/b26-20+,32-25+;;/t;;9?,10-/m..0/s1. The molecule has 6 aliphatic rings. The van der Waals surface area contributed by atoms with Gasteiger partial charge in [-0.15, -0.1) is 0 Å². The van der Waals surface area contributed by atoms with E-state index in [1.165, 1.54) is 68.3 Å². The Hall–Kier alpha value is -6.45. The third-order valence-corrected chi connectivity index (χ3v) is 17.0. The maximum Gasteiger partial charge on any atom is 0.329 e. The van der Waals surface area contributed by atoms with Gasteiger partial charge in [0.2, 0.25) is 12.3 Å². The molecule has 3 aromatic carbocycles. The first-order valence-corrected chi connectivity index (χ1v) is 28.2. The molecule has 3 N–H and O–H groups in total. The highest BCUT2D eigenvalue weighted by Gasteiger charge is 2.46. The Morgan fingerprint density at radius 2 is 1.84 bits per heavy atom. The quantitative estimate of drug-likeness (QED) is 0.0510. The van der Waals surface area contributed by atoms with Crippen molar-refractivity contribution < 1.29 is 47.6 Å². The van der Waals surface area contributed by atoms with Crippen LogP contribution in [-0.4, -0.2) is 168 Å². The number of aromatic nitrogens is 2. The van der Waals surface area contributed by atoms with E-state index in [2.05, 4.69) is 38.8 Å². The number of allylic oxidation sites excluding steroid dienone is 2. The van der Waals surface area contributed by atoms with Crippen molar-refractivity contribution in [3.8, 4) is 5.75 Å². The fourth-order valence-electron chi connectivity index (χ4n) is 12.8. The van der Waals surface area contributed by atoms with Gasteiger partial charge in [0.05, 0.1) is 41.5 Å². The maximum absolute atomic E-state index is 16.1. The van der Waals surface area contributed by atoms with Crippen LogP contribution in [0, 0.1) is 5.82 Å². The van der Waals surface area contributed by atoms with Gasteiger partial charge < -0.3 is 44.3 Å². The van der Waals surface area contributed by atoms with Crippen LogP contribution in [0.25, 0.3) is 27.5 Å². The number of aliphatic imine (C=N–C) groups is 3. The number of nitrogens with zero attached hydrogens (tertiary/aromatic N) is 8. The summed E-state index contributed by atoms with van der Waals surface area (Å²) in [6, 6.07) is 11.4. The molecule has 2 amide bonds. The van der Waals surface area contributed by atoms with Crippen molar-refractivity contribution in [2.45, 2.75) is 133 Å². The van der Waals surface area contributed by atoms with Gasteiger partial charge in [-0.25, -0.2) is 18.6 Å². The second-order valence-electron chi connectivity index (χ2n) is 21.9. The average molecular weight is 1110 g/mol. The number of rotatable bonds is 18. The van der Waals surface area contributed by atoms with Crippen LogP contribution in [0.4, 0.5) is 8.78 Å². The van der Waals surface area contributed by atoms with Crippen LogP contribution in [0.2, 0.25) is 0 Å². The zero-order valence-corrected chi connectivity index (χ0v) is 47.1. The van der Waals surface area contributed by atoms with Crippen LogP contribution < -0.4 is 11.0 Å². The largest absolute Gasteiger partial charge is 0.508 e. The number of carbonyl (C=O) groups excluding carboxylic acids is 3. The summed E-state index contributed by atoms with van der Waals surface area (Å²) in [7, 11) is 5.05. The summed E-state index contributed by atoms with van der Waals surface area (Å²) in [5.41, 5.74) is 3.25. The van der Waals surface area contributed by atoms with Gasteiger partial charge in [0, 0.05) is 90.2 Å². The highest BCUT2D eigenvalue weighted by atomic mass is 19.1. The van der Waals surface area contributed by atoms with Crippen LogP contribution in [-0.2, 0) is 48.5 Å². The summed E-state index contributed by atoms with van der Waals surface area (Å²) in [6.07, 6.45) is 15.6. The first-order chi connectivity index (χ1) is 38.7. The normalized spacial score (nSPS) is 23.6. The van der Waals surface area contributed by atoms with E-state index < -0.39 is 24.4 Å². The second-order valence-corrected chi connectivity index (χ2v) is 21.9. The molecule has 0 aliphatic carbocycles. The molecule has 5 saturated heterocycles. The van der Waals surface area contributed by atoms with Crippen molar-refractivity contribution >= 4 is 64.8 Å². The minimum absolute atomic E-state index is 0.101. The SMILES string of the molecule is C=N/C(=C1/C=NC(c2cc(O)cc3ccc(F)c(CC)c23)=C(F)/C1=N/CO)N1CCCC2(CCO2)C1.CNC(=O)C(CCC=O)n1c(=O)n(C)c2c(CCCOC3CCN(C=O)CC3)cccc21.COCC1CC[C@]2(C)CCCN12. The molecule has 0 saturated carbocycles. The third kappa shape index (κ3) is 12.7. The molecule has 1 spiro atoms. The van der Waals surface area contributed by atoms with E-state index in [4.69, 9.17) is 14.2 Å². The number of amides is 2. The summed E-state index contributed by atoms with van der Waals surface area (Å²) in [6.45, 7) is 13.6. The number of halogens is 2. The summed E-state index contributed by atoms with van der Waals surface area (Å²) >= 11 is 0. The van der Waals surface area contributed by atoms with Crippen LogP contribution >= 0.6 is 0 Å². The monoisotopic (exact) mass is 1110 g/mol. The smallest absolute Gasteiger partial charge is 0.329 e. The van der Waals surface area contributed by atoms with Crippen molar-refractivity contribution in [2.75, 3.05) is 73.4 Å². The summed E-state index contributed by atoms with van der Waals surface area (Å²) in [4.78, 5) is 66.3. The Labute approximate surface area is 466 Å². The molecule has 4 atom stereocenters. The van der Waals surface area contributed by atoms with Gasteiger partial charge in [-0.2, -0.15) is 0 Å². The lowest BCUT2D eigenvalue weighted by molar-refractivity contribution is -0.172. The fourth-order valence-corrected chi connectivity index (χ4v) is 12.8. The second kappa shape index (κ2) is 26.9. The van der Waals surface area contributed by atoms with E-state index in [9.17, 15) is 33.8 Å². The first kappa shape index (κ1) is 59.7. The van der Waals surface area contributed by atoms with Gasteiger partial charge in [0.15, 0.2) is 5.83 Å². The molecule has 432 valence electrons. The minimum atomic E-state index is -0.799. The number of aliphatic hydroxyl groups excluding tert-OH is 1. The number of fused-ring (bicyclic) bond motifs is 3. The topological polar surface area (TPSA) is 205 Å². The number of benzene rings is 3. The molecule has 0 radical (unpaired) electrons. The third-order valence-electron chi connectivity index (χ3n) is 17.0. The van der Waals surface area contributed by atoms with Crippen molar-refractivity contribution in [2.24, 2.45) is 22.0 Å². The van der Waals surface area contributed by atoms with Crippen molar-refractivity contribution in [1.29, 1.82) is 0 Å². The van der Waals surface area contributed by atoms with E-state index in [0.29, 0.717) is 70.9 Å². The van der Waals surface area contributed by atoms with Gasteiger partial charge in [-0.05, 0) is 143 Å². The Morgan fingerprint density at radius 3 is 2.51 bits per heavy atom. The molecular weight excluding hydrogens is 1030 g/mol. The van der Waals surface area contributed by atoms with Crippen LogP contribution in [0.5, 0.6) is 5.75 Å². The Balaban J connectivity index is 0.000000175. The summed E-state index contributed by atoms with van der Waals surface area (Å²) in [5, 5.41) is 23.6. The molecule has 3 unspecified atom stereocenters. The van der Waals surface area contributed by atoms with Gasteiger partial charge in [-0.3, -0.25) is 33.6 Å². The van der Waals surface area contributed by atoms with E-state index in [1.807, 2.05) is 37.1 Å². The van der Waals surface area contributed by atoms with Crippen molar-refractivity contribution in [3.05, 3.63) is 92.7 Å². The number of phenolic OH excluding ortho intramolecular Hbond substituents is 1. The molecule has 10 rings (SSSR count). The number of methoxy groups -OCH3 is 1. The highest BCUT2D eigenvalue weighted by Crippen LogP contribution is 2.43. The number of para-hydroxylation sites is 1. The van der Waals surface area contributed by atoms with Gasteiger partial charge >= 0.3 is 5.69 Å². The Bertz CT molecular complexity index is 3080. The molecule has 4 aromatic rings. The number of hydrogen-bond acceptors (Lipinski definition) is 14. The minimum Gasteiger partial charge on any atom is -0.508 e. The number of nitrogens with one attached hydrogen (secondary N) is 1. The van der Waals surface area contributed by atoms with Crippen molar-refractivity contribution in [3.63, 3.8) is 0 Å². The number of likely N-dealkylation sites (tertiary alicyclic amines) is 2. The van der Waals surface area contributed by atoms with E-state index >= 15 is 4.39 Å². The molecule has 5 fully saturated rings. The fraction of sp³-hybridized carbons (Fsp3) is 0.550. The number of carbonyl (C=O) groups is 3. The zero-order valence-electron chi connectivity index (χ0n) is 47.1. The highest BCUT2D eigenvalue weighted by molar-refractivity contribution is 6.29. The van der Waals surface area contributed by atoms with Crippen LogP contribution in [0.1, 0.15) is 114 Å². The number of aryl methyl sites for hydroxylation is 3. The zero-order chi connectivity index (χ0) is 57.1. The number of phenols is 1. The molecule has 80 heavy (non-hydrogen) atoms. The maximum atomic E-state index is 16.1. The predicted molar refractivity (Wildman–Crippen MR) is 306 cm³/mol. The van der Waals surface area contributed by atoms with E-state index in [1.54, 1.807) is 22.6 Å². The van der Waals surface area contributed by atoms with Gasteiger partial charge in [-0.1, -0.05) is 25.1 Å². The number of imidazole rings is 1. The first-order valence-electron chi connectivity index (χ1n) is 28.2. The lowest BCUT2D eigenvalue weighted by atomic mass is 9.85. The van der Waals surface area contributed by atoms with Crippen molar-refractivity contribution in [1.82, 2.24) is 29.2 Å². The van der Waals surface area contributed by atoms with Gasteiger partial charge in [0.25, 0.3) is 0 Å². The molecule has 7 heterocycles. The molecule has 1 aromatic heterocycles. The lowest BCUT2D eigenvalue weighted by Crippen LogP contribution is -2.55. The van der Waals surface area contributed by atoms with E-state index in [-0.39, 0.29) is 58.9 Å². The van der Waals surface area contributed by atoms with Crippen LogP contribution in [0.15, 0.2) is 79.5 Å². The number of aliphatic hydroxyl groups is 1. The molecular formula is C60H79F2N9O9. The molecule has 18 nitrogen and oxygen atoms in total. The number of hydrogen-bond donors (Lipinski definition) is 3. The number of piperidine rings is 2. The summed E-state index contributed by atoms with van der Waals surface area (Å²) in [5.74, 6) is -1.20. The van der Waals surface area contributed by atoms with Gasteiger partial charge in [0.1, 0.15) is 47.9 Å². The molecule has 20 heteroatoms. The number of aldehydes is 1. The number of aromatic hydroxyl groups is 1. The molecule has 0 bridgehead atoms. The molecule has 6 aliphatic heterocycles. The number of likely N-dealkylation sites (N-methyl/N-ethyl adjacent to an activating group) is 1. The van der Waals surface area contributed by atoms with E-state index in [0.717, 1.165) is 95.0 Å².